The summed E-state index contributed by atoms with van der Waals surface area (Å²) >= 11 is 0. The summed E-state index contributed by atoms with van der Waals surface area (Å²) in [6.07, 6.45) is 0.299. The molecule has 3 aromatic carbocycles. The fourth-order valence-corrected chi connectivity index (χ4v) is 4.18. The van der Waals surface area contributed by atoms with E-state index in [0.717, 1.165) is 45.1 Å². The highest BCUT2D eigenvalue weighted by molar-refractivity contribution is 5.87. The maximum Gasteiger partial charge on any atom is 0.155 e. The van der Waals surface area contributed by atoms with Crippen molar-refractivity contribution in [3.63, 3.8) is 0 Å². The van der Waals surface area contributed by atoms with E-state index in [-0.39, 0.29) is 0 Å². The minimum Gasteiger partial charge on any atom is -0.496 e. The largest absolute Gasteiger partial charge is 0.496 e. The number of nitrogens with one attached hydrogen (secondary N) is 1. The van der Waals surface area contributed by atoms with Crippen LogP contribution in [-0.2, 0) is 17.8 Å². The number of morpholine rings is 1. The molecule has 1 aliphatic heterocycles. The second-order valence-corrected chi connectivity index (χ2v) is 7.56. The number of ether oxygens (including phenoxy) is 2. The molecule has 1 unspecified atom stereocenters. The molecule has 2 atom stereocenters. The molecule has 0 saturated carbocycles. The first-order chi connectivity index (χ1) is 13.8. The van der Waals surface area contributed by atoms with E-state index in [1.165, 1.54) is 21.9 Å². The van der Waals surface area contributed by atoms with Crippen molar-refractivity contribution in [2.24, 2.45) is 0 Å². The van der Waals surface area contributed by atoms with Crippen LogP contribution in [0.5, 0.6) is 5.75 Å². The summed E-state index contributed by atoms with van der Waals surface area (Å²) in [7, 11) is 1.75. The third-order valence-corrected chi connectivity index (χ3v) is 5.62. The van der Waals surface area contributed by atoms with Crippen molar-refractivity contribution in [1.82, 2.24) is 0 Å². The fraction of sp³-hybridized carbons (Fsp3) is 0.333. The maximum atomic E-state index is 6.04. The van der Waals surface area contributed by atoms with Crippen LogP contribution in [0, 0.1) is 0 Å². The number of methoxy groups -OCH3 is 1. The normalized spacial score (nSPS) is 19.6. The van der Waals surface area contributed by atoms with Gasteiger partial charge in [0.15, 0.2) is 6.10 Å². The molecule has 3 aromatic rings. The summed E-state index contributed by atoms with van der Waals surface area (Å²) in [5.74, 6) is 0.968. The Labute approximate surface area is 167 Å². The van der Waals surface area contributed by atoms with E-state index < -0.39 is 0 Å². The topological polar surface area (TPSA) is 39.5 Å². The first-order valence-electron chi connectivity index (χ1n) is 10.2. The number of nitrogens with two attached hydrogens (primary N) is 1. The predicted molar refractivity (Wildman–Crippen MR) is 112 cm³/mol. The van der Waals surface area contributed by atoms with Crippen molar-refractivity contribution < 1.29 is 19.7 Å². The Morgan fingerprint density at radius 3 is 2.71 bits per heavy atom. The van der Waals surface area contributed by atoms with Crippen molar-refractivity contribution in [3.8, 4) is 5.75 Å². The highest BCUT2D eigenvalue weighted by atomic mass is 16.5. The lowest BCUT2D eigenvalue weighted by molar-refractivity contribution is -0.927. The van der Waals surface area contributed by atoms with E-state index in [1.54, 1.807) is 12.0 Å². The van der Waals surface area contributed by atoms with Gasteiger partial charge in [-0.1, -0.05) is 60.7 Å². The van der Waals surface area contributed by atoms with Crippen molar-refractivity contribution in [3.05, 3.63) is 77.9 Å². The standard InChI is InChI=1S/C24H28N2O2/c1-27-24-12-11-20-9-5-6-10-22(20)23(24)16-25-15-21-18-26(13-14-28-21)17-19-7-3-2-4-8-19/h2-12,21,25H,13-18H2,1H3/p+2/t21-/m0/s1. The Kier molecular flexibility index (Phi) is 6.22. The first kappa shape index (κ1) is 18.9. The molecule has 1 fully saturated rings. The van der Waals surface area contributed by atoms with Crippen molar-refractivity contribution in [2.75, 3.05) is 33.4 Å². The van der Waals surface area contributed by atoms with Gasteiger partial charge < -0.3 is 19.7 Å². The number of benzene rings is 3. The van der Waals surface area contributed by atoms with Crippen LogP contribution in [0.4, 0.5) is 0 Å². The maximum absolute atomic E-state index is 6.04. The second kappa shape index (κ2) is 9.20. The first-order valence-corrected chi connectivity index (χ1v) is 10.2. The van der Waals surface area contributed by atoms with Crippen LogP contribution in [0.25, 0.3) is 10.8 Å². The summed E-state index contributed by atoms with van der Waals surface area (Å²) in [4.78, 5) is 1.61. The van der Waals surface area contributed by atoms with Gasteiger partial charge in [-0.15, -0.1) is 0 Å². The van der Waals surface area contributed by atoms with Crippen molar-refractivity contribution in [2.45, 2.75) is 19.2 Å². The molecule has 0 radical (unpaired) electrons. The molecular formula is C24H30N2O2+2. The van der Waals surface area contributed by atoms with Gasteiger partial charge in [-0.25, -0.2) is 0 Å². The molecule has 4 rings (SSSR count). The molecule has 3 N–H and O–H groups in total. The fourth-order valence-electron chi connectivity index (χ4n) is 4.18. The zero-order valence-electron chi connectivity index (χ0n) is 16.6. The lowest BCUT2D eigenvalue weighted by Crippen LogP contribution is -3.14. The zero-order valence-corrected chi connectivity index (χ0v) is 16.6. The summed E-state index contributed by atoms with van der Waals surface area (Å²) < 4.78 is 11.7. The number of rotatable bonds is 7. The molecule has 1 aliphatic rings. The summed E-state index contributed by atoms with van der Waals surface area (Å²) in [5, 5.41) is 4.90. The van der Waals surface area contributed by atoms with E-state index in [0.29, 0.717) is 6.10 Å². The molecule has 0 aliphatic carbocycles. The molecule has 0 spiro atoms. The molecule has 4 nitrogen and oxygen atoms in total. The third kappa shape index (κ3) is 4.53. The van der Waals surface area contributed by atoms with Crippen molar-refractivity contribution in [1.29, 1.82) is 0 Å². The van der Waals surface area contributed by atoms with E-state index >= 15 is 0 Å². The molecule has 0 amide bonds. The van der Waals surface area contributed by atoms with Crippen LogP contribution >= 0.6 is 0 Å². The molecule has 0 bridgehead atoms. The van der Waals surface area contributed by atoms with Gasteiger partial charge in [0.1, 0.15) is 38.5 Å². The average molecular weight is 379 g/mol. The van der Waals surface area contributed by atoms with Crippen LogP contribution in [0.2, 0.25) is 0 Å². The van der Waals surface area contributed by atoms with E-state index in [1.807, 2.05) is 0 Å². The quantitative estimate of drug-likeness (QED) is 0.652. The van der Waals surface area contributed by atoms with Crippen LogP contribution < -0.4 is 15.0 Å². The molecule has 1 heterocycles. The van der Waals surface area contributed by atoms with Crippen molar-refractivity contribution >= 4 is 10.8 Å². The molecular weight excluding hydrogens is 348 g/mol. The Morgan fingerprint density at radius 2 is 1.86 bits per heavy atom. The Bertz CT molecular complexity index is 898. The van der Waals surface area contributed by atoms with Gasteiger partial charge in [-0.2, -0.15) is 0 Å². The summed E-state index contributed by atoms with van der Waals surface area (Å²) in [6.45, 7) is 5.96. The predicted octanol–water partition coefficient (Wildman–Crippen LogP) is 1.40. The SMILES string of the molecule is COc1ccc2ccccc2c1C[NH2+]C[C@H]1C[NH+](Cc2ccccc2)CCO1. The van der Waals surface area contributed by atoms with E-state index in [9.17, 15) is 0 Å². The minimum absolute atomic E-state index is 0.299. The lowest BCUT2D eigenvalue weighted by Gasteiger charge is -2.29. The van der Waals surface area contributed by atoms with Crippen LogP contribution in [0.15, 0.2) is 66.7 Å². The molecule has 0 aromatic heterocycles. The molecule has 1 saturated heterocycles. The molecule has 4 heteroatoms. The van der Waals surface area contributed by atoms with E-state index in [4.69, 9.17) is 9.47 Å². The monoisotopic (exact) mass is 378 g/mol. The Balaban J connectivity index is 1.35. The second-order valence-electron chi connectivity index (χ2n) is 7.56. The lowest BCUT2D eigenvalue weighted by atomic mass is 10.0. The average Bonchev–Trinajstić information content (AvgIpc) is 2.75. The van der Waals surface area contributed by atoms with Crippen LogP contribution in [0.1, 0.15) is 11.1 Å². The summed E-state index contributed by atoms with van der Waals surface area (Å²) in [6, 6.07) is 23.5. The van der Waals surface area contributed by atoms with Gasteiger partial charge >= 0.3 is 0 Å². The highest BCUT2D eigenvalue weighted by Crippen LogP contribution is 2.27. The highest BCUT2D eigenvalue weighted by Gasteiger charge is 2.25. The van der Waals surface area contributed by atoms with Gasteiger partial charge in [0.25, 0.3) is 0 Å². The molecule has 146 valence electrons. The van der Waals surface area contributed by atoms with Gasteiger partial charge in [0.05, 0.1) is 19.3 Å². The number of quaternary nitrogens is 2. The number of hydrogen-bond donors (Lipinski definition) is 2. The summed E-state index contributed by atoms with van der Waals surface area (Å²) in [5.41, 5.74) is 2.67. The Hall–Kier alpha value is -2.40. The van der Waals surface area contributed by atoms with E-state index in [2.05, 4.69) is 72.0 Å². The van der Waals surface area contributed by atoms with Gasteiger partial charge in [0.2, 0.25) is 0 Å². The van der Waals surface area contributed by atoms with Gasteiger partial charge in [0, 0.05) is 5.56 Å². The number of fused-ring (bicyclic) bond motifs is 1. The smallest absolute Gasteiger partial charge is 0.155 e. The van der Waals surface area contributed by atoms with Gasteiger partial charge in [-0.3, -0.25) is 0 Å². The third-order valence-electron chi connectivity index (χ3n) is 5.62. The Morgan fingerprint density at radius 1 is 1.04 bits per heavy atom. The number of hydrogen-bond acceptors (Lipinski definition) is 2. The molecule has 28 heavy (non-hydrogen) atoms. The van der Waals surface area contributed by atoms with Gasteiger partial charge in [-0.05, 0) is 16.8 Å². The van der Waals surface area contributed by atoms with Crippen LogP contribution in [0.3, 0.4) is 0 Å². The minimum atomic E-state index is 0.299. The van der Waals surface area contributed by atoms with Crippen LogP contribution in [-0.4, -0.2) is 39.5 Å². The zero-order chi connectivity index (χ0) is 19.2.